The fraction of sp³-hybridized carbons (Fsp3) is 0.818. The lowest BCUT2D eigenvalue weighted by atomic mass is 10.0. The Balaban J connectivity index is 4.25. The molecule has 0 saturated heterocycles. The van der Waals surface area contributed by atoms with Crippen LogP contribution in [0, 0.1) is 5.92 Å². The number of nitrogens with two attached hydrogens (primary N) is 1. The summed E-state index contributed by atoms with van der Waals surface area (Å²) in [6, 6.07) is 0.488. The molecule has 0 radical (unpaired) electrons. The van der Waals surface area contributed by atoms with Gasteiger partial charge in [-0.15, -0.1) is 0 Å². The summed E-state index contributed by atoms with van der Waals surface area (Å²) in [5.41, 5.74) is 6.96. The molecule has 0 fully saturated rings. The maximum absolute atomic E-state index is 5.75. The molecule has 0 spiro atoms. The smallest absolute Gasteiger partial charge is 0.0244 e. The second-order valence-electron chi connectivity index (χ2n) is 4.07. The standard InChI is InChI=1S/C11H24N2/c1-6-13(8-9(2)3)11(7-12)10(4)5/h10-11H,2,6-8,12H2,1,3-5H3. The van der Waals surface area contributed by atoms with Crippen LogP contribution in [0.2, 0.25) is 0 Å². The van der Waals surface area contributed by atoms with Crippen molar-refractivity contribution in [2.24, 2.45) is 11.7 Å². The summed E-state index contributed by atoms with van der Waals surface area (Å²) in [4.78, 5) is 2.40. The van der Waals surface area contributed by atoms with Crippen LogP contribution >= 0.6 is 0 Å². The van der Waals surface area contributed by atoms with Gasteiger partial charge in [0.25, 0.3) is 0 Å². The predicted octanol–water partition coefficient (Wildman–Crippen LogP) is 1.87. The van der Waals surface area contributed by atoms with Crippen molar-refractivity contribution in [2.75, 3.05) is 19.6 Å². The van der Waals surface area contributed by atoms with Gasteiger partial charge in [-0.1, -0.05) is 32.9 Å². The second-order valence-corrected chi connectivity index (χ2v) is 4.07. The molecule has 13 heavy (non-hydrogen) atoms. The van der Waals surface area contributed by atoms with E-state index in [4.69, 9.17) is 5.73 Å². The van der Waals surface area contributed by atoms with Crippen LogP contribution in [0.25, 0.3) is 0 Å². The zero-order valence-electron chi connectivity index (χ0n) is 9.51. The molecule has 0 heterocycles. The highest BCUT2D eigenvalue weighted by molar-refractivity contribution is 4.93. The third kappa shape index (κ3) is 4.44. The summed E-state index contributed by atoms with van der Waals surface area (Å²) in [5, 5.41) is 0. The minimum absolute atomic E-state index is 0.488. The molecule has 0 aliphatic rings. The lowest BCUT2D eigenvalue weighted by Crippen LogP contribution is -2.44. The first-order chi connectivity index (χ1) is 6.02. The maximum Gasteiger partial charge on any atom is 0.0244 e. The van der Waals surface area contributed by atoms with Crippen molar-refractivity contribution in [3.63, 3.8) is 0 Å². The molecular formula is C11H24N2. The first kappa shape index (κ1) is 12.7. The van der Waals surface area contributed by atoms with E-state index in [0.29, 0.717) is 12.0 Å². The number of likely N-dealkylation sites (N-methyl/N-ethyl adjacent to an activating group) is 1. The van der Waals surface area contributed by atoms with Crippen LogP contribution in [-0.2, 0) is 0 Å². The van der Waals surface area contributed by atoms with E-state index in [9.17, 15) is 0 Å². The first-order valence-corrected chi connectivity index (χ1v) is 5.11. The van der Waals surface area contributed by atoms with Crippen LogP contribution in [0.3, 0.4) is 0 Å². The number of nitrogens with zero attached hydrogens (tertiary/aromatic N) is 1. The SMILES string of the molecule is C=C(C)CN(CC)C(CN)C(C)C. The van der Waals surface area contributed by atoms with Gasteiger partial charge in [-0.25, -0.2) is 0 Å². The minimum Gasteiger partial charge on any atom is -0.329 e. The van der Waals surface area contributed by atoms with Crippen molar-refractivity contribution in [1.82, 2.24) is 4.90 Å². The van der Waals surface area contributed by atoms with Crippen molar-refractivity contribution in [1.29, 1.82) is 0 Å². The molecule has 0 aromatic heterocycles. The molecule has 0 aromatic carbocycles. The third-order valence-electron chi connectivity index (χ3n) is 2.36. The molecule has 2 heteroatoms. The largest absolute Gasteiger partial charge is 0.329 e. The van der Waals surface area contributed by atoms with Gasteiger partial charge >= 0.3 is 0 Å². The molecule has 2 nitrogen and oxygen atoms in total. The normalized spacial score (nSPS) is 13.8. The summed E-state index contributed by atoms with van der Waals surface area (Å²) in [6.07, 6.45) is 0. The molecule has 1 atom stereocenters. The van der Waals surface area contributed by atoms with Crippen LogP contribution in [0.5, 0.6) is 0 Å². The van der Waals surface area contributed by atoms with Gasteiger partial charge in [0, 0.05) is 19.1 Å². The highest BCUT2D eigenvalue weighted by Crippen LogP contribution is 2.10. The summed E-state index contributed by atoms with van der Waals surface area (Å²) in [6.45, 7) is 15.4. The first-order valence-electron chi connectivity index (χ1n) is 5.11. The summed E-state index contributed by atoms with van der Waals surface area (Å²) in [5.74, 6) is 0.615. The molecule has 0 rings (SSSR count). The van der Waals surface area contributed by atoms with Gasteiger partial charge in [-0.2, -0.15) is 0 Å². The molecule has 0 saturated carbocycles. The van der Waals surface area contributed by atoms with E-state index >= 15 is 0 Å². The highest BCUT2D eigenvalue weighted by atomic mass is 15.2. The minimum atomic E-state index is 0.488. The highest BCUT2D eigenvalue weighted by Gasteiger charge is 2.18. The van der Waals surface area contributed by atoms with Gasteiger partial charge in [0.2, 0.25) is 0 Å². The van der Waals surface area contributed by atoms with E-state index in [2.05, 4.69) is 39.2 Å². The average molecular weight is 184 g/mol. The Bertz CT molecular complexity index is 152. The molecule has 0 aliphatic heterocycles. The van der Waals surface area contributed by atoms with Gasteiger partial charge in [0.05, 0.1) is 0 Å². The third-order valence-corrected chi connectivity index (χ3v) is 2.36. The van der Waals surface area contributed by atoms with E-state index in [-0.39, 0.29) is 0 Å². The molecule has 0 amide bonds. The molecular weight excluding hydrogens is 160 g/mol. The van der Waals surface area contributed by atoms with Gasteiger partial charge in [0.15, 0.2) is 0 Å². The van der Waals surface area contributed by atoms with Gasteiger partial charge in [-0.3, -0.25) is 4.90 Å². The van der Waals surface area contributed by atoms with Crippen molar-refractivity contribution < 1.29 is 0 Å². The van der Waals surface area contributed by atoms with Gasteiger partial charge in [0.1, 0.15) is 0 Å². The number of rotatable bonds is 6. The van der Waals surface area contributed by atoms with Gasteiger partial charge in [-0.05, 0) is 19.4 Å². The van der Waals surface area contributed by atoms with E-state index in [1.165, 1.54) is 5.57 Å². The van der Waals surface area contributed by atoms with Crippen LogP contribution < -0.4 is 5.73 Å². The number of hydrogen-bond acceptors (Lipinski definition) is 2. The predicted molar refractivity (Wildman–Crippen MR) is 59.7 cm³/mol. The Morgan fingerprint density at radius 1 is 1.46 bits per heavy atom. The summed E-state index contributed by atoms with van der Waals surface area (Å²) >= 11 is 0. The molecule has 78 valence electrons. The van der Waals surface area contributed by atoms with Crippen LogP contribution in [0.4, 0.5) is 0 Å². The summed E-state index contributed by atoms with van der Waals surface area (Å²) < 4.78 is 0. The van der Waals surface area contributed by atoms with Crippen molar-refractivity contribution >= 4 is 0 Å². The monoisotopic (exact) mass is 184 g/mol. The van der Waals surface area contributed by atoms with Crippen LogP contribution in [0.15, 0.2) is 12.2 Å². The summed E-state index contributed by atoms with van der Waals surface area (Å²) in [7, 11) is 0. The van der Waals surface area contributed by atoms with Crippen molar-refractivity contribution in [2.45, 2.75) is 33.7 Å². The zero-order chi connectivity index (χ0) is 10.4. The van der Waals surface area contributed by atoms with Crippen LogP contribution in [0.1, 0.15) is 27.7 Å². The lowest BCUT2D eigenvalue weighted by molar-refractivity contribution is 0.182. The molecule has 1 unspecified atom stereocenters. The molecule has 2 N–H and O–H groups in total. The van der Waals surface area contributed by atoms with Crippen molar-refractivity contribution in [3.8, 4) is 0 Å². The zero-order valence-corrected chi connectivity index (χ0v) is 9.51. The second kappa shape index (κ2) is 6.17. The topological polar surface area (TPSA) is 29.3 Å². The van der Waals surface area contributed by atoms with E-state index in [0.717, 1.165) is 19.6 Å². The Morgan fingerprint density at radius 3 is 2.23 bits per heavy atom. The van der Waals surface area contributed by atoms with E-state index in [1.54, 1.807) is 0 Å². The van der Waals surface area contributed by atoms with E-state index in [1.807, 2.05) is 0 Å². The average Bonchev–Trinajstić information content (AvgIpc) is 2.02. The Hall–Kier alpha value is -0.340. The Morgan fingerprint density at radius 2 is 2.00 bits per heavy atom. The molecule has 0 aromatic rings. The van der Waals surface area contributed by atoms with E-state index < -0.39 is 0 Å². The fourth-order valence-electron chi connectivity index (χ4n) is 1.65. The Kier molecular flexibility index (Phi) is 6.00. The molecule has 0 aliphatic carbocycles. The lowest BCUT2D eigenvalue weighted by Gasteiger charge is -2.32. The quantitative estimate of drug-likeness (QED) is 0.639. The maximum atomic E-state index is 5.75. The number of hydrogen-bond donors (Lipinski definition) is 1. The fourth-order valence-corrected chi connectivity index (χ4v) is 1.65. The Labute approximate surface area is 82.8 Å². The van der Waals surface area contributed by atoms with Crippen molar-refractivity contribution in [3.05, 3.63) is 12.2 Å². The van der Waals surface area contributed by atoms with Crippen LogP contribution in [-0.4, -0.2) is 30.6 Å². The van der Waals surface area contributed by atoms with Gasteiger partial charge < -0.3 is 5.73 Å². The molecule has 0 bridgehead atoms.